The van der Waals surface area contributed by atoms with Crippen molar-refractivity contribution >= 4 is 20.8 Å². The Labute approximate surface area is 200 Å². The highest BCUT2D eigenvalue weighted by molar-refractivity contribution is 6.60. The maximum absolute atomic E-state index is 12.0. The Bertz CT molecular complexity index is 676. The molecule has 8 heteroatoms. The van der Waals surface area contributed by atoms with Gasteiger partial charge in [-0.2, -0.15) is 0 Å². The number of benzene rings is 1. The zero-order chi connectivity index (χ0) is 24.4. The fourth-order valence-corrected chi connectivity index (χ4v) is 5.99. The zero-order valence-corrected chi connectivity index (χ0v) is 22.0. The number of methoxy groups -OCH3 is 1. The summed E-state index contributed by atoms with van der Waals surface area (Å²) < 4.78 is 33.9. The molecule has 0 saturated heterocycles. The minimum atomic E-state index is -2.55. The van der Waals surface area contributed by atoms with Gasteiger partial charge >= 0.3 is 14.8 Å². The molecule has 0 heterocycles. The first-order valence-corrected chi connectivity index (χ1v) is 14.0. The second-order valence-corrected chi connectivity index (χ2v) is 10.1. The molecule has 0 radical (unpaired) electrons. The number of esters is 1. The van der Waals surface area contributed by atoms with Gasteiger partial charge in [-0.05, 0) is 63.8 Å². The van der Waals surface area contributed by atoms with Crippen LogP contribution in [0.4, 0.5) is 0 Å². The lowest BCUT2D eigenvalue weighted by Gasteiger charge is -2.28. The third kappa shape index (κ3) is 11.7. The van der Waals surface area contributed by atoms with Gasteiger partial charge in [0.25, 0.3) is 0 Å². The monoisotopic (exact) mass is 482 g/mol. The maximum Gasteiger partial charge on any atom is 0.500 e. The first-order chi connectivity index (χ1) is 16.0. The molecule has 0 amide bonds. The largest absolute Gasteiger partial charge is 0.500 e. The standard InChI is InChI=1S/C25H42O7Si/c1-6-18-28-23-16-14-22(21-24(23)27-5)15-17-25(26)29-19-12-10-11-13-20-33(30-7-2,31-8-3)32-9-4/h14-17,21H,6-13,18-20H2,1-5H3/b17-15+. The van der Waals surface area contributed by atoms with Crippen LogP contribution in [0.5, 0.6) is 11.5 Å². The lowest BCUT2D eigenvalue weighted by Crippen LogP contribution is -2.45. The third-order valence-corrected chi connectivity index (χ3v) is 7.93. The Kier molecular flexibility index (Phi) is 15.5. The Hall–Kier alpha value is -1.87. The smallest absolute Gasteiger partial charge is 0.493 e. The van der Waals surface area contributed by atoms with Gasteiger partial charge in [0.05, 0.1) is 20.3 Å². The average molecular weight is 483 g/mol. The maximum atomic E-state index is 12.0. The van der Waals surface area contributed by atoms with Crippen LogP contribution in [-0.2, 0) is 22.8 Å². The van der Waals surface area contributed by atoms with Gasteiger partial charge in [-0.25, -0.2) is 4.79 Å². The summed E-state index contributed by atoms with van der Waals surface area (Å²) in [6.45, 7) is 10.8. The van der Waals surface area contributed by atoms with Crippen molar-refractivity contribution in [3.8, 4) is 11.5 Å². The number of carbonyl (C=O) groups excluding carboxylic acids is 1. The summed E-state index contributed by atoms with van der Waals surface area (Å²) in [4.78, 5) is 12.0. The van der Waals surface area contributed by atoms with Crippen molar-refractivity contribution in [1.82, 2.24) is 0 Å². The Morgan fingerprint density at radius 2 is 1.55 bits per heavy atom. The van der Waals surface area contributed by atoms with E-state index < -0.39 is 8.80 Å². The second kappa shape index (κ2) is 17.6. The minimum Gasteiger partial charge on any atom is -0.493 e. The first kappa shape index (κ1) is 29.2. The van der Waals surface area contributed by atoms with Crippen molar-refractivity contribution in [3.63, 3.8) is 0 Å². The highest BCUT2D eigenvalue weighted by Crippen LogP contribution is 2.28. The molecular weight excluding hydrogens is 440 g/mol. The Morgan fingerprint density at radius 1 is 0.879 bits per heavy atom. The van der Waals surface area contributed by atoms with Crippen LogP contribution in [0.25, 0.3) is 6.08 Å². The zero-order valence-electron chi connectivity index (χ0n) is 21.0. The Morgan fingerprint density at radius 3 is 2.15 bits per heavy atom. The number of hydrogen-bond donors (Lipinski definition) is 0. The number of unbranched alkanes of at least 4 members (excludes halogenated alkanes) is 3. The van der Waals surface area contributed by atoms with Crippen molar-refractivity contribution in [1.29, 1.82) is 0 Å². The molecule has 188 valence electrons. The molecule has 0 aliphatic rings. The fraction of sp³-hybridized carbons (Fsp3) is 0.640. The SMILES string of the molecule is CCCOc1ccc(/C=C/C(=O)OCCCCCC[Si](OCC)(OCC)OCC)cc1OC. The van der Waals surface area contributed by atoms with E-state index >= 15 is 0 Å². The van der Waals surface area contributed by atoms with Crippen LogP contribution in [-0.4, -0.2) is 54.9 Å². The molecule has 0 unspecified atom stereocenters. The van der Waals surface area contributed by atoms with Crippen molar-refractivity contribution in [2.45, 2.75) is 65.8 Å². The van der Waals surface area contributed by atoms with Gasteiger partial charge in [-0.1, -0.05) is 25.8 Å². The second-order valence-electron chi connectivity index (χ2n) is 7.41. The van der Waals surface area contributed by atoms with Crippen LogP contribution in [0.15, 0.2) is 24.3 Å². The van der Waals surface area contributed by atoms with Crippen LogP contribution in [0.2, 0.25) is 6.04 Å². The van der Waals surface area contributed by atoms with Crippen LogP contribution in [0, 0.1) is 0 Å². The number of rotatable bonds is 19. The topological polar surface area (TPSA) is 72.5 Å². The van der Waals surface area contributed by atoms with Gasteiger partial charge < -0.3 is 27.5 Å². The lowest BCUT2D eigenvalue weighted by molar-refractivity contribution is -0.137. The highest BCUT2D eigenvalue weighted by Gasteiger charge is 2.39. The number of hydrogen-bond acceptors (Lipinski definition) is 7. The van der Waals surface area contributed by atoms with Crippen molar-refractivity contribution in [2.75, 3.05) is 40.1 Å². The minimum absolute atomic E-state index is 0.351. The van der Waals surface area contributed by atoms with E-state index in [4.69, 9.17) is 27.5 Å². The molecule has 33 heavy (non-hydrogen) atoms. The molecule has 1 rings (SSSR count). The molecule has 0 fully saturated rings. The van der Waals surface area contributed by atoms with Gasteiger partial charge in [-0.3, -0.25) is 0 Å². The summed E-state index contributed by atoms with van der Waals surface area (Å²) in [6.07, 6.45) is 7.86. The third-order valence-electron chi connectivity index (χ3n) is 4.78. The van der Waals surface area contributed by atoms with Crippen LogP contribution in [0.1, 0.15) is 65.4 Å². The lowest BCUT2D eigenvalue weighted by atomic mass is 10.2. The van der Waals surface area contributed by atoms with Crippen LogP contribution in [0.3, 0.4) is 0 Å². The van der Waals surface area contributed by atoms with Gasteiger partial charge in [0.1, 0.15) is 0 Å². The van der Waals surface area contributed by atoms with Crippen molar-refractivity contribution < 1.29 is 32.3 Å². The van der Waals surface area contributed by atoms with E-state index in [0.29, 0.717) is 44.5 Å². The molecule has 1 aromatic carbocycles. The Balaban J connectivity index is 2.33. The van der Waals surface area contributed by atoms with Gasteiger partial charge in [-0.15, -0.1) is 0 Å². The first-order valence-electron chi connectivity index (χ1n) is 12.1. The quantitative estimate of drug-likeness (QED) is 0.109. The molecular formula is C25H42O7Si. The highest BCUT2D eigenvalue weighted by atomic mass is 28.4. The van der Waals surface area contributed by atoms with E-state index in [-0.39, 0.29) is 5.97 Å². The molecule has 7 nitrogen and oxygen atoms in total. The molecule has 0 atom stereocenters. The fourth-order valence-electron chi connectivity index (χ4n) is 3.30. The predicted molar refractivity (Wildman–Crippen MR) is 133 cm³/mol. The van der Waals surface area contributed by atoms with Gasteiger partial charge in [0.2, 0.25) is 0 Å². The number of ether oxygens (including phenoxy) is 3. The summed E-state index contributed by atoms with van der Waals surface area (Å²) in [5.41, 5.74) is 0.846. The van der Waals surface area contributed by atoms with E-state index in [9.17, 15) is 4.79 Å². The molecule has 0 aromatic heterocycles. The summed E-state index contributed by atoms with van der Waals surface area (Å²) in [6, 6.07) is 6.38. The molecule has 0 N–H and O–H groups in total. The summed E-state index contributed by atoms with van der Waals surface area (Å²) in [7, 11) is -0.954. The van der Waals surface area contributed by atoms with Crippen molar-refractivity contribution in [2.24, 2.45) is 0 Å². The molecule has 1 aromatic rings. The van der Waals surface area contributed by atoms with Crippen LogP contribution < -0.4 is 9.47 Å². The average Bonchev–Trinajstić information content (AvgIpc) is 2.81. The summed E-state index contributed by atoms with van der Waals surface area (Å²) in [5, 5.41) is 0. The molecule has 0 bridgehead atoms. The number of carbonyl (C=O) groups is 1. The van der Waals surface area contributed by atoms with Gasteiger partial charge in [0.15, 0.2) is 11.5 Å². The molecule has 0 aliphatic heterocycles. The summed E-state index contributed by atoms with van der Waals surface area (Å²) in [5.74, 6) is 0.988. The molecule has 0 aliphatic carbocycles. The van der Waals surface area contributed by atoms with E-state index in [1.54, 1.807) is 13.2 Å². The van der Waals surface area contributed by atoms with Crippen LogP contribution >= 0.6 is 0 Å². The van der Waals surface area contributed by atoms with E-state index in [1.807, 2.05) is 39.0 Å². The normalized spacial score (nSPS) is 11.7. The van der Waals surface area contributed by atoms with Crippen molar-refractivity contribution in [3.05, 3.63) is 29.8 Å². The predicted octanol–water partition coefficient (Wildman–Crippen LogP) is 5.65. The van der Waals surface area contributed by atoms with E-state index in [0.717, 1.165) is 43.7 Å². The van der Waals surface area contributed by atoms with E-state index in [2.05, 4.69) is 6.92 Å². The molecule has 0 saturated carbocycles. The summed E-state index contributed by atoms with van der Waals surface area (Å²) >= 11 is 0. The van der Waals surface area contributed by atoms with E-state index in [1.165, 1.54) is 6.08 Å². The van der Waals surface area contributed by atoms with Gasteiger partial charge in [0, 0.05) is 31.9 Å². The molecule has 0 spiro atoms.